The Bertz CT molecular complexity index is 369. The second-order valence-electron chi connectivity index (χ2n) is 4.11. The fourth-order valence-electron chi connectivity index (χ4n) is 1.90. The van der Waals surface area contributed by atoms with Crippen LogP contribution in [-0.2, 0) is 19.7 Å². The summed E-state index contributed by atoms with van der Waals surface area (Å²) in [6.45, 7) is 2.05. The summed E-state index contributed by atoms with van der Waals surface area (Å²) < 4.78 is 21.6. The highest BCUT2D eigenvalue weighted by molar-refractivity contribution is 6.60. The molecule has 0 radical (unpaired) electrons. The molecule has 0 amide bonds. The lowest BCUT2D eigenvalue weighted by Crippen LogP contribution is -2.43. The molecule has 0 aliphatic rings. The van der Waals surface area contributed by atoms with E-state index in [-0.39, 0.29) is 0 Å². The predicted molar refractivity (Wildman–Crippen MR) is 73.0 cm³/mol. The van der Waals surface area contributed by atoms with E-state index in [9.17, 15) is 0 Å². The van der Waals surface area contributed by atoms with Gasteiger partial charge >= 0.3 is 8.80 Å². The maximum atomic E-state index is 5.41. The molecule has 0 fully saturated rings. The van der Waals surface area contributed by atoms with Gasteiger partial charge in [0, 0.05) is 27.4 Å². The fourth-order valence-corrected chi connectivity index (χ4v) is 3.59. The third kappa shape index (κ3) is 3.55. The Labute approximate surface area is 110 Å². The molecule has 0 N–H and O–H groups in total. The van der Waals surface area contributed by atoms with Gasteiger partial charge in [0.2, 0.25) is 0 Å². The van der Waals surface area contributed by atoms with Gasteiger partial charge in [0.05, 0.1) is 7.11 Å². The Kier molecular flexibility index (Phi) is 5.81. The number of methoxy groups -OCH3 is 1. The zero-order chi connectivity index (χ0) is 13.6. The van der Waals surface area contributed by atoms with Crippen LogP contribution < -0.4 is 4.74 Å². The minimum atomic E-state index is -2.51. The van der Waals surface area contributed by atoms with Crippen LogP contribution in [0.4, 0.5) is 0 Å². The van der Waals surface area contributed by atoms with Crippen LogP contribution in [0.25, 0.3) is 0 Å². The molecule has 0 spiro atoms. The number of hydrogen-bond acceptors (Lipinski definition) is 4. The number of rotatable bonds is 7. The summed E-state index contributed by atoms with van der Waals surface area (Å²) >= 11 is 0. The summed E-state index contributed by atoms with van der Waals surface area (Å²) in [4.78, 5) is 0. The Morgan fingerprint density at radius 1 is 1.00 bits per heavy atom. The molecule has 1 rings (SSSR count). The van der Waals surface area contributed by atoms with E-state index in [0.717, 1.165) is 23.8 Å². The maximum absolute atomic E-state index is 5.41. The molecule has 4 nitrogen and oxygen atoms in total. The van der Waals surface area contributed by atoms with Gasteiger partial charge in [0.1, 0.15) is 5.75 Å². The van der Waals surface area contributed by atoms with Crippen LogP contribution in [-0.4, -0.2) is 37.2 Å². The molecule has 0 aliphatic carbocycles. The third-order valence-corrected chi connectivity index (χ3v) is 5.80. The van der Waals surface area contributed by atoms with Gasteiger partial charge in [-0.25, -0.2) is 0 Å². The van der Waals surface area contributed by atoms with Gasteiger partial charge in [0.15, 0.2) is 0 Å². The van der Waals surface area contributed by atoms with Gasteiger partial charge < -0.3 is 18.0 Å². The molecule has 0 aliphatic heterocycles. The van der Waals surface area contributed by atoms with Gasteiger partial charge in [-0.2, -0.15) is 0 Å². The van der Waals surface area contributed by atoms with Crippen LogP contribution in [0.5, 0.6) is 5.75 Å². The number of benzene rings is 1. The van der Waals surface area contributed by atoms with Crippen molar-refractivity contribution in [1.82, 2.24) is 0 Å². The molecule has 0 aromatic heterocycles. The SMILES string of the molecule is COc1cc(C)ccc1CC[Si](OC)(OC)OC. The highest BCUT2D eigenvalue weighted by Gasteiger charge is 2.37. The van der Waals surface area contributed by atoms with Gasteiger partial charge in [-0.05, 0) is 30.5 Å². The first-order valence-corrected chi connectivity index (χ1v) is 7.83. The number of aryl methyl sites for hydroxylation is 2. The summed E-state index contributed by atoms with van der Waals surface area (Å²) in [5.74, 6) is 0.904. The summed E-state index contributed by atoms with van der Waals surface area (Å²) in [7, 11) is 4.07. The van der Waals surface area contributed by atoms with Crippen LogP contribution >= 0.6 is 0 Å². The number of ether oxygens (including phenoxy) is 1. The van der Waals surface area contributed by atoms with Crippen LogP contribution in [0.2, 0.25) is 6.04 Å². The van der Waals surface area contributed by atoms with Crippen LogP contribution in [0.1, 0.15) is 11.1 Å². The van der Waals surface area contributed by atoms with E-state index in [2.05, 4.69) is 12.1 Å². The summed E-state index contributed by atoms with van der Waals surface area (Å²) in [5.41, 5.74) is 2.33. The summed E-state index contributed by atoms with van der Waals surface area (Å²) in [6.07, 6.45) is 0.811. The molecule has 0 bridgehead atoms. The van der Waals surface area contributed by atoms with E-state index in [0.29, 0.717) is 0 Å². The Morgan fingerprint density at radius 2 is 1.61 bits per heavy atom. The van der Waals surface area contributed by atoms with E-state index in [1.165, 1.54) is 5.56 Å². The molecule has 0 saturated carbocycles. The largest absolute Gasteiger partial charge is 0.500 e. The Morgan fingerprint density at radius 3 is 2.11 bits per heavy atom. The Balaban J connectivity index is 2.79. The molecule has 0 unspecified atom stereocenters. The lowest BCUT2D eigenvalue weighted by molar-refractivity contribution is 0.123. The molecule has 5 heteroatoms. The molecule has 0 saturated heterocycles. The van der Waals surface area contributed by atoms with Crippen LogP contribution in [0.3, 0.4) is 0 Å². The first kappa shape index (κ1) is 15.2. The summed E-state index contributed by atoms with van der Waals surface area (Å²) in [6, 6.07) is 6.92. The van der Waals surface area contributed by atoms with Gasteiger partial charge in [-0.15, -0.1) is 0 Å². The van der Waals surface area contributed by atoms with E-state index in [4.69, 9.17) is 18.0 Å². The highest BCUT2D eigenvalue weighted by atomic mass is 28.4. The summed E-state index contributed by atoms with van der Waals surface area (Å²) in [5, 5.41) is 0. The third-order valence-electron chi connectivity index (χ3n) is 3.08. The zero-order valence-corrected chi connectivity index (χ0v) is 12.8. The smallest absolute Gasteiger partial charge is 0.496 e. The minimum Gasteiger partial charge on any atom is -0.496 e. The van der Waals surface area contributed by atoms with E-state index in [1.54, 1.807) is 28.4 Å². The molecule has 18 heavy (non-hydrogen) atoms. The maximum Gasteiger partial charge on any atom is 0.500 e. The molecular weight excluding hydrogens is 248 g/mol. The van der Waals surface area contributed by atoms with Crippen molar-refractivity contribution in [1.29, 1.82) is 0 Å². The first-order valence-electron chi connectivity index (χ1n) is 5.89. The van der Waals surface area contributed by atoms with Crippen LogP contribution in [0.15, 0.2) is 18.2 Å². The monoisotopic (exact) mass is 270 g/mol. The molecule has 1 aromatic carbocycles. The number of hydrogen-bond donors (Lipinski definition) is 0. The zero-order valence-electron chi connectivity index (χ0n) is 11.8. The normalized spacial score (nSPS) is 11.6. The topological polar surface area (TPSA) is 36.9 Å². The average Bonchev–Trinajstić information content (AvgIpc) is 2.42. The van der Waals surface area contributed by atoms with E-state index >= 15 is 0 Å². The lowest BCUT2D eigenvalue weighted by Gasteiger charge is -2.24. The average molecular weight is 270 g/mol. The molecule has 0 heterocycles. The van der Waals surface area contributed by atoms with Crippen molar-refractivity contribution < 1.29 is 18.0 Å². The van der Waals surface area contributed by atoms with Crippen molar-refractivity contribution in [2.45, 2.75) is 19.4 Å². The van der Waals surface area contributed by atoms with Crippen molar-refractivity contribution in [3.63, 3.8) is 0 Å². The standard InChI is InChI=1S/C13H22O4Si/c1-11-6-7-12(13(10-11)14-2)8-9-18(15-3,16-4)17-5/h6-7,10H,8-9H2,1-5H3. The second kappa shape index (κ2) is 6.89. The predicted octanol–water partition coefficient (Wildman–Crippen LogP) is 2.42. The van der Waals surface area contributed by atoms with Crippen molar-refractivity contribution >= 4 is 8.80 Å². The van der Waals surface area contributed by atoms with E-state index in [1.807, 2.05) is 13.0 Å². The molecular formula is C13H22O4Si. The fraction of sp³-hybridized carbons (Fsp3) is 0.538. The van der Waals surface area contributed by atoms with Crippen molar-refractivity contribution in [3.05, 3.63) is 29.3 Å². The van der Waals surface area contributed by atoms with Gasteiger partial charge in [0.25, 0.3) is 0 Å². The molecule has 102 valence electrons. The van der Waals surface area contributed by atoms with Crippen molar-refractivity contribution in [2.75, 3.05) is 28.4 Å². The van der Waals surface area contributed by atoms with Crippen molar-refractivity contribution in [3.8, 4) is 5.75 Å². The molecule has 0 atom stereocenters. The first-order chi connectivity index (χ1) is 8.60. The van der Waals surface area contributed by atoms with E-state index < -0.39 is 8.80 Å². The minimum absolute atomic E-state index is 0.732. The van der Waals surface area contributed by atoms with Crippen LogP contribution in [0, 0.1) is 6.92 Å². The second-order valence-corrected chi connectivity index (χ2v) is 7.20. The Hall–Kier alpha value is -0.883. The lowest BCUT2D eigenvalue weighted by atomic mass is 10.1. The highest BCUT2D eigenvalue weighted by Crippen LogP contribution is 2.24. The van der Waals surface area contributed by atoms with Gasteiger partial charge in [-0.1, -0.05) is 12.1 Å². The van der Waals surface area contributed by atoms with Crippen molar-refractivity contribution in [2.24, 2.45) is 0 Å². The molecule has 1 aromatic rings. The van der Waals surface area contributed by atoms with Gasteiger partial charge in [-0.3, -0.25) is 0 Å². The quantitative estimate of drug-likeness (QED) is 0.713.